The van der Waals surface area contributed by atoms with E-state index in [-0.39, 0.29) is 18.0 Å². The summed E-state index contributed by atoms with van der Waals surface area (Å²) in [6.07, 6.45) is 6.02. The number of amides is 1. The average molecular weight is 152 g/mol. The molecule has 3 nitrogen and oxygen atoms in total. The fourth-order valence-corrected chi connectivity index (χ4v) is 1.19. The Morgan fingerprint density at radius 2 is 2.64 bits per heavy atom. The number of carbonyl (C=O) groups excluding carboxylic acids is 1. The summed E-state index contributed by atoms with van der Waals surface area (Å²) < 4.78 is 0. The molecule has 0 aromatic rings. The van der Waals surface area contributed by atoms with E-state index in [0.29, 0.717) is 6.54 Å². The van der Waals surface area contributed by atoms with E-state index in [2.05, 4.69) is 5.92 Å². The number of likely N-dealkylation sites (tertiary alicyclic amines) is 1. The molecule has 1 amide bonds. The van der Waals surface area contributed by atoms with E-state index in [1.54, 1.807) is 4.90 Å². The van der Waals surface area contributed by atoms with Crippen molar-refractivity contribution in [3.8, 4) is 12.3 Å². The van der Waals surface area contributed by atoms with E-state index >= 15 is 0 Å². The lowest BCUT2D eigenvalue weighted by Crippen LogP contribution is -2.63. The van der Waals surface area contributed by atoms with Crippen molar-refractivity contribution in [2.24, 2.45) is 5.73 Å². The Balaban J connectivity index is 2.52. The van der Waals surface area contributed by atoms with E-state index in [9.17, 15) is 4.79 Å². The van der Waals surface area contributed by atoms with Gasteiger partial charge in [0, 0.05) is 6.54 Å². The maximum Gasteiger partial charge on any atom is 0.242 e. The fraction of sp³-hybridized carbons (Fsp3) is 0.625. The Hall–Kier alpha value is -1.01. The molecule has 0 saturated carbocycles. The van der Waals surface area contributed by atoms with Crippen molar-refractivity contribution in [2.45, 2.75) is 25.4 Å². The van der Waals surface area contributed by atoms with Gasteiger partial charge in [0.2, 0.25) is 5.91 Å². The third-order valence-corrected chi connectivity index (χ3v) is 1.95. The van der Waals surface area contributed by atoms with Crippen LogP contribution in [0, 0.1) is 12.3 Å². The molecule has 0 aromatic carbocycles. The van der Waals surface area contributed by atoms with E-state index in [1.807, 2.05) is 6.92 Å². The molecule has 60 valence electrons. The van der Waals surface area contributed by atoms with Crippen molar-refractivity contribution in [1.29, 1.82) is 0 Å². The van der Waals surface area contributed by atoms with Gasteiger partial charge in [0.05, 0.1) is 6.04 Å². The third-order valence-electron chi connectivity index (χ3n) is 1.95. The van der Waals surface area contributed by atoms with Crippen molar-refractivity contribution >= 4 is 5.91 Å². The SMILES string of the molecule is C#CC(CC)N1CC(N)C1=O. The zero-order chi connectivity index (χ0) is 8.43. The molecule has 1 saturated heterocycles. The summed E-state index contributed by atoms with van der Waals surface area (Å²) in [5, 5.41) is 0. The van der Waals surface area contributed by atoms with E-state index < -0.39 is 0 Å². The van der Waals surface area contributed by atoms with Crippen molar-refractivity contribution in [1.82, 2.24) is 4.90 Å². The highest BCUT2D eigenvalue weighted by molar-refractivity contribution is 5.88. The summed E-state index contributed by atoms with van der Waals surface area (Å²) >= 11 is 0. The van der Waals surface area contributed by atoms with Crippen LogP contribution in [0.15, 0.2) is 0 Å². The second kappa shape index (κ2) is 2.93. The summed E-state index contributed by atoms with van der Waals surface area (Å²) in [4.78, 5) is 12.7. The van der Waals surface area contributed by atoms with Gasteiger partial charge in [-0.3, -0.25) is 4.79 Å². The number of hydrogen-bond acceptors (Lipinski definition) is 2. The predicted molar refractivity (Wildman–Crippen MR) is 42.6 cm³/mol. The number of hydrogen-bond donors (Lipinski definition) is 1. The summed E-state index contributed by atoms with van der Waals surface area (Å²) in [5.41, 5.74) is 5.40. The number of rotatable bonds is 2. The normalized spacial score (nSPS) is 25.7. The van der Waals surface area contributed by atoms with Crippen LogP contribution in [0.25, 0.3) is 0 Å². The fourth-order valence-electron chi connectivity index (χ4n) is 1.19. The topological polar surface area (TPSA) is 46.3 Å². The van der Waals surface area contributed by atoms with Crippen molar-refractivity contribution in [2.75, 3.05) is 6.54 Å². The van der Waals surface area contributed by atoms with Crippen LogP contribution < -0.4 is 5.73 Å². The van der Waals surface area contributed by atoms with Gasteiger partial charge in [-0.15, -0.1) is 6.42 Å². The predicted octanol–water partition coefficient (Wildman–Crippen LogP) is -0.432. The molecule has 1 rings (SSSR count). The molecule has 0 spiro atoms. The van der Waals surface area contributed by atoms with Crippen molar-refractivity contribution in [3.63, 3.8) is 0 Å². The molecule has 3 heteroatoms. The summed E-state index contributed by atoms with van der Waals surface area (Å²) in [6.45, 7) is 2.57. The third kappa shape index (κ3) is 1.22. The number of β-lactam (4-membered cyclic amide) rings is 1. The van der Waals surface area contributed by atoms with Crippen LogP contribution in [0.5, 0.6) is 0 Å². The highest BCUT2D eigenvalue weighted by Crippen LogP contribution is 2.13. The molecule has 1 fully saturated rings. The van der Waals surface area contributed by atoms with E-state index in [4.69, 9.17) is 12.2 Å². The van der Waals surface area contributed by atoms with Crippen LogP contribution in [0.1, 0.15) is 13.3 Å². The van der Waals surface area contributed by atoms with Gasteiger partial charge in [0.15, 0.2) is 0 Å². The molecule has 0 radical (unpaired) electrons. The minimum atomic E-state index is -0.308. The second-order valence-electron chi connectivity index (χ2n) is 2.69. The lowest BCUT2D eigenvalue weighted by molar-refractivity contribution is -0.144. The van der Waals surface area contributed by atoms with Crippen LogP contribution in [0.4, 0.5) is 0 Å². The zero-order valence-corrected chi connectivity index (χ0v) is 6.58. The van der Waals surface area contributed by atoms with Crippen molar-refractivity contribution < 1.29 is 4.79 Å². The monoisotopic (exact) mass is 152 g/mol. The number of carbonyl (C=O) groups is 1. The highest BCUT2D eigenvalue weighted by Gasteiger charge is 2.36. The molecule has 1 heterocycles. The molecule has 2 unspecified atom stereocenters. The van der Waals surface area contributed by atoms with Gasteiger partial charge in [0.25, 0.3) is 0 Å². The lowest BCUT2D eigenvalue weighted by atomic mass is 10.0. The maximum absolute atomic E-state index is 11.0. The minimum Gasteiger partial charge on any atom is -0.325 e. The number of nitrogens with two attached hydrogens (primary N) is 1. The molecular formula is C8H12N2O. The van der Waals surface area contributed by atoms with Gasteiger partial charge in [-0.05, 0) is 6.42 Å². The number of terminal acetylenes is 1. The van der Waals surface area contributed by atoms with Crippen LogP contribution in [0.3, 0.4) is 0 Å². The minimum absolute atomic E-state index is 0.0187. The standard InChI is InChI=1S/C8H12N2O/c1-3-6(4-2)10-5-7(9)8(10)11/h1,6-7H,4-5,9H2,2H3. The first-order valence-electron chi connectivity index (χ1n) is 3.73. The van der Waals surface area contributed by atoms with Crippen LogP contribution >= 0.6 is 0 Å². The Kier molecular flexibility index (Phi) is 2.16. The van der Waals surface area contributed by atoms with Gasteiger partial charge in [-0.1, -0.05) is 12.8 Å². The molecule has 1 aliphatic rings. The van der Waals surface area contributed by atoms with E-state index in [0.717, 1.165) is 6.42 Å². The second-order valence-corrected chi connectivity index (χ2v) is 2.69. The Morgan fingerprint density at radius 3 is 2.91 bits per heavy atom. The first kappa shape index (κ1) is 8.09. The lowest BCUT2D eigenvalue weighted by Gasteiger charge is -2.39. The molecule has 2 N–H and O–H groups in total. The Morgan fingerprint density at radius 1 is 2.00 bits per heavy atom. The maximum atomic E-state index is 11.0. The average Bonchev–Trinajstić information content (AvgIpc) is 2.05. The van der Waals surface area contributed by atoms with Gasteiger partial charge in [-0.25, -0.2) is 0 Å². The van der Waals surface area contributed by atoms with Gasteiger partial charge >= 0.3 is 0 Å². The largest absolute Gasteiger partial charge is 0.325 e. The van der Waals surface area contributed by atoms with Crippen LogP contribution in [0.2, 0.25) is 0 Å². The quantitative estimate of drug-likeness (QED) is 0.431. The zero-order valence-electron chi connectivity index (χ0n) is 6.58. The number of nitrogens with zero attached hydrogens (tertiary/aromatic N) is 1. The Bertz CT molecular complexity index is 207. The smallest absolute Gasteiger partial charge is 0.242 e. The first-order chi connectivity index (χ1) is 5.20. The van der Waals surface area contributed by atoms with Gasteiger partial charge in [-0.2, -0.15) is 0 Å². The Labute approximate surface area is 66.5 Å². The van der Waals surface area contributed by atoms with Gasteiger partial charge < -0.3 is 10.6 Å². The summed E-state index contributed by atoms with van der Waals surface area (Å²) in [6, 6.07) is -0.361. The highest BCUT2D eigenvalue weighted by atomic mass is 16.2. The molecule has 0 bridgehead atoms. The molecule has 0 aliphatic carbocycles. The molecule has 1 aliphatic heterocycles. The van der Waals surface area contributed by atoms with E-state index in [1.165, 1.54) is 0 Å². The molecule has 0 aromatic heterocycles. The van der Waals surface area contributed by atoms with Crippen LogP contribution in [-0.4, -0.2) is 29.4 Å². The summed E-state index contributed by atoms with van der Waals surface area (Å²) in [7, 11) is 0. The van der Waals surface area contributed by atoms with Gasteiger partial charge in [0.1, 0.15) is 6.04 Å². The molecule has 2 atom stereocenters. The van der Waals surface area contributed by atoms with Crippen LogP contribution in [-0.2, 0) is 4.79 Å². The molecular weight excluding hydrogens is 140 g/mol. The van der Waals surface area contributed by atoms with Crippen molar-refractivity contribution in [3.05, 3.63) is 0 Å². The summed E-state index contributed by atoms with van der Waals surface area (Å²) in [5.74, 6) is 2.54. The first-order valence-corrected chi connectivity index (χ1v) is 3.73. The molecule has 11 heavy (non-hydrogen) atoms.